The average Bonchev–Trinajstić information content (AvgIpc) is 3.64. The normalized spacial score (nSPS) is 13.9. The molecule has 0 aliphatic heterocycles. The summed E-state index contributed by atoms with van der Waals surface area (Å²) in [6.07, 6.45) is 5.72. The lowest BCUT2D eigenvalue weighted by molar-refractivity contribution is -0.142. The number of rotatable bonds is 18. The molecule has 0 saturated carbocycles. The number of hydrogen-bond donors (Lipinski definition) is 9. The second kappa shape index (κ2) is 16.0. The Hall–Kier alpha value is -4.76. The number of imidazole rings is 1. The summed E-state index contributed by atoms with van der Waals surface area (Å²) in [4.78, 5) is 73.0. The fourth-order valence-electron chi connectivity index (χ4n) is 4.56. The number of fused-ring (bicyclic) bond motifs is 1. The first kappa shape index (κ1) is 32.8. The van der Waals surface area contributed by atoms with E-state index in [-0.39, 0.29) is 25.7 Å². The Morgan fingerprint density at radius 3 is 2.26 bits per heavy atom. The molecule has 3 aromatic rings. The number of carboxylic acid groups (broad SMARTS) is 1. The zero-order valence-electron chi connectivity index (χ0n) is 23.7. The number of carboxylic acids is 1. The molecule has 4 atom stereocenters. The summed E-state index contributed by atoms with van der Waals surface area (Å²) in [5.74, 6) is -4.10. The minimum absolute atomic E-state index is 0.0187. The molecule has 4 amide bonds. The summed E-state index contributed by atoms with van der Waals surface area (Å²) in [5, 5.41) is 18.4. The summed E-state index contributed by atoms with van der Waals surface area (Å²) in [6, 6.07) is 2.63. The number of aliphatic carboxylic acids is 1. The summed E-state index contributed by atoms with van der Waals surface area (Å²) >= 11 is 0. The maximum atomic E-state index is 13.5. The zero-order valence-corrected chi connectivity index (χ0v) is 23.7. The van der Waals surface area contributed by atoms with Crippen molar-refractivity contribution in [1.82, 2.24) is 30.9 Å². The highest BCUT2D eigenvalue weighted by Gasteiger charge is 2.31. The topological polar surface area (TPSA) is 264 Å². The Morgan fingerprint density at radius 1 is 0.884 bits per heavy atom. The maximum absolute atomic E-state index is 13.5. The van der Waals surface area contributed by atoms with Gasteiger partial charge in [-0.15, -0.1) is 0 Å². The highest BCUT2D eigenvalue weighted by molar-refractivity contribution is 5.94. The van der Waals surface area contributed by atoms with Gasteiger partial charge in [-0.25, -0.2) is 9.78 Å². The van der Waals surface area contributed by atoms with Gasteiger partial charge in [-0.05, 0) is 37.4 Å². The van der Waals surface area contributed by atoms with Crippen LogP contribution in [0.2, 0.25) is 0 Å². The van der Waals surface area contributed by atoms with E-state index < -0.39 is 53.8 Å². The Balaban J connectivity index is 1.76. The molecular weight excluding hydrogens is 558 g/mol. The quantitative estimate of drug-likeness (QED) is 0.0807. The van der Waals surface area contributed by atoms with Crippen molar-refractivity contribution in [2.45, 2.75) is 69.1 Å². The second-order valence-electron chi connectivity index (χ2n) is 10.3. The molecule has 0 aliphatic rings. The number of nitrogens with two attached hydrogens (primary N) is 3. The zero-order chi connectivity index (χ0) is 31.4. The third kappa shape index (κ3) is 9.93. The molecule has 2 heterocycles. The number of para-hydroxylation sites is 1. The van der Waals surface area contributed by atoms with E-state index in [2.05, 4.69) is 30.9 Å². The summed E-state index contributed by atoms with van der Waals surface area (Å²) in [5.41, 5.74) is 18.7. The van der Waals surface area contributed by atoms with Crippen LogP contribution < -0.4 is 33.2 Å². The monoisotopic (exact) mass is 597 g/mol. The van der Waals surface area contributed by atoms with Gasteiger partial charge in [0.1, 0.15) is 18.1 Å². The number of nitrogens with one attached hydrogen (secondary N) is 5. The lowest BCUT2D eigenvalue weighted by atomic mass is 10.0. The van der Waals surface area contributed by atoms with Crippen LogP contribution in [0.3, 0.4) is 0 Å². The molecule has 3 rings (SSSR count). The first-order valence-electron chi connectivity index (χ1n) is 14.0. The maximum Gasteiger partial charge on any atom is 0.326 e. The highest BCUT2D eigenvalue weighted by Crippen LogP contribution is 2.19. The van der Waals surface area contributed by atoms with Gasteiger partial charge in [0.15, 0.2) is 0 Å². The van der Waals surface area contributed by atoms with E-state index in [1.807, 2.05) is 24.3 Å². The lowest BCUT2D eigenvalue weighted by Gasteiger charge is -2.25. The van der Waals surface area contributed by atoms with Crippen molar-refractivity contribution >= 4 is 40.5 Å². The van der Waals surface area contributed by atoms with Gasteiger partial charge in [-0.2, -0.15) is 0 Å². The molecule has 2 aromatic heterocycles. The van der Waals surface area contributed by atoms with Gasteiger partial charge in [-0.1, -0.05) is 24.6 Å². The van der Waals surface area contributed by atoms with E-state index in [4.69, 9.17) is 17.2 Å². The number of primary amides is 1. The fraction of sp³-hybridized carbons (Fsp3) is 0.429. The fourth-order valence-corrected chi connectivity index (χ4v) is 4.56. The van der Waals surface area contributed by atoms with Crippen molar-refractivity contribution in [3.05, 3.63) is 54.2 Å². The Labute approximate surface area is 247 Å². The second-order valence-corrected chi connectivity index (χ2v) is 10.3. The van der Waals surface area contributed by atoms with Gasteiger partial charge < -0.3 is 48.2 Å². The number of hydrogen-bond acceptors (Lipinski definition) is 8. The van der Waals surface area contributed by atoms with Gasteiger partial charge in [0.05, 0.1) is 12.4 Å². The molecule has 0 spiro atoms. The van der Waals surface area contributed by atoms with Crippen molar-refractivity contribution < 1.29 is 29.1 Å². The smallest absolute Gasteiger partial charge is 0.326 e. The molecule has 1 aromatic carbocycles. The van der Waals surface area contributed by atoms with Gasteiger partial charge in [-0.3, -0.25) is 19.2 Å². The van der Waals surface area contributed by atoms with Crippen molar-refractivity contribution in [3.63, 3.8) is 0 Å². The largest absolute Gasteiger partial charge is 0.480 e. The van der Waals surface area contributed by atoms with Crippen molar-refractivity contribution in [3.8, 4) is 0 Å². The molecule has 232 valence electrons. The van der Waals surface area contributed by atoms with E-state index in [0.717, 1.165) is 10.9 Å². The number of aromatic nitrogens is 3. The number of unbranched alkanes of at least 4 members (excludes halogenated alkanes) is 1. The average molecular weight is 598 g/mol. The SMILES string of the molecule is NCCCCC(N)C(=O)NC(CCC(N)=O)C(=O)NC(Cc1cnc[nH]1)C(=O)NC(Cc1c[nH]c2ccccc12)C(=O)O. The van der Waals surface area contributed by atoms with Crippen LogP contribution in [-0.2, 0) is 36.8 Å². The van der Waals surface area contributed by atoms with Crippen molar-refractivity contribution in [1.29, 1.82) is 0 Å². The molecule has 15 nitrogen and oxygen atoms in total. The number of H-pyrrole nitrogens is 2. The molecule has 0 saturated heterocycles. The number of nitrogens with zero attached hydrogens (tertiary/aromatic N) is 1. The summed E-state index contributed by atoms with van der Waals surface area (Å²) in [6.45, 7) is 0.447. The van der Waals surface area contributed by atoms with Crippen LogP contribution in [0, 0.1) is 0 Å². The number of carbonyl (C=O) groups is 5. The first-order chi connectivity index (χ1) is 20.6. The van der Waals surface area contributed by atoms with Gasteiger partial charge >= 0.3 is 5.97 Å². The predicted molar refractivity (Wildman–Crippen MR) is 157 cm³/mol. The number of aromatic amines is 2. The van der Waals surface area contributed by atoms with Gasteiger partial charge in [0, 0.05) is 48.3 Å². The summed E-state index contributed by atoms with van der Waals surface area (Å²) < 4.78 is 0. The molecule has 0 aliphatic carbocycles. The minimum atomic E-state index is -1.32. The molecule has 0 radical (unpaired) electrons. The van der Waals surface area contributed by atoms with E-state index in [1.54, 1.807) is 6.20 Å². The Morgan fingerprint density at radius 2 is 1.58 bits per heavy atom. The molecular formula is C28H39N9O6. The number of amides is 4. The van der Waals surface area contributed by atoms with Crippen LogP contribution in [0.5, 0.6) is 0 Å². The van der Waals surface area contributed by atoms with E-state index >= 15 is 0 Å². The van der Waals surface area contributed by atoms with Crippen molar-refractivity contribution in [2.24, 2.45) is 17.2 Å². The van der Waals surface area contributed by atoms with E-state index in [9.17, 15) is 29.1 Å². The van der Waals surface area contributed by atoms with Crippen molar-refractivity contribution in [2.75, 3.05) is 6.54 Å². The molecule has 0 fully saturated rings. The third-order valence-corrected chi connectivity index (χ3v) is 6.94. The van der Waals surface area contributed by atoms with Gasteiger partial charge in [0.2, 0.25) is 23.6 Å². The Bertz CT molecular complexity index is 1390. The molecule has 4 unspecified atom stereocenters. The van der Waals surface area contributed by atoms with Gasteiger partial charge in [0.25, 0.3) is 0 Å². The lowest BCUT2D eigenvalue weighted by Crippen LogP contribution is -2.58. The highest BCUT2D eigenvalue weighted by atomic mass is 16.4. The van der Waals surface area contributed by atoms with Crippen LogP contribution in [-0.4, -0.2) is 80.4 Å². The standard InChI is InChI=1S/C28H39N9O6/c29-10-4-3-6-19(30)25(39)35-21(8-9-24(31)38)26(40)36-22(12-17-14-32-15-34-17)27(41)37-23(28(42)43)11-16-13-33-20-7-2-1-5-18(16)20/h1-2,5,7,13-15,19,21-23,33H,3-4,6,8-12,29-30H2,(H2,31,38)(H,32,34)(H,35,39)(H,36,40)(H,37,41)(H,42,43). The number of carbonyl (C=O) groups excluding carboxylic acids is 4. The summed E-state index contributed by atoms with van der Waals surface area (Å²) in [7, 11) is 0. The molecule has 0 bridgehead atoms. The molecule has 43 heavy (non-hydrogen) atoms. The molecule has 12 N–H and O–H groups in total. The van der Waals surface area contributed by atoms with Crippen LogP contribution in [0.4, 0.5) is 0 Å². The number of benzene rings is 1. The van der Waals surface area contributed by atoms with E-state index in [1.165, 1.54) is 12.5 Å². The molecule has 15 heteroatoms. The van der Waals surface area contributed by atoms with Crippen LogP contribution in [0.15, 0.2) is 43.0 Å². The third-order valence-electron chi connectivity index (χ3n) is 6.94. The van der Waals surface area contributed by atoms with Crippen LogP contribution >= 0.6 is 0 Å². The van der Waals surface area contributed by atoms with E-state index in [0.29, 0.717) is 37.1 Å². The minimum Gasteiger partial charge on any atom is -0.480 e. The van der Waals surface area contributed by atoms with Crippen LogP contribution in [0.25, 0.3) is 10.9 Å². The Kier molecular flexibility index (Phi) is 12.2. The van der Waals surface area contributed by atoms with Crippen LogP contribution in [0.1, 0.15) is 43.4 Å². The predicted octanol–water partition coefficient (Wildman–Crippen LogP) is -1.06. The first-order valence-corrected chi connectivity index (χ1v) is 14.0.